The number of nitro benzene ring substituents is 1. The Morgan fingerprint density at radius 2 is 1.50 bits per heavy atom. The smallest absolute Gasteiger partial charge is 0.269 e. The van der Waals surface area contributed by atoms with Crippen LogP contribution in [0.2, 0.25) is 0 Å². The Hall–Kier alpha value is -1.71. The maximum Gasteiger partial charge on any atom is 0.269 e. The third-order valence-electron chi connectivity index (χ3n) is 3.67. The molecule has 0 saturated heterocycles. The van der Waals surface area contributed by atoms with Gasteiger partial charge in [0.1, 0.15) is 0 Å². The Morgan fingerprint density at radius 1 is 1.04 bits per heavy atom. The van der Waals surface area contributed by atoms with Crippen LogP contribution in [0.15, 0.2) is 24.3 Å². The average molecular weight is 425 g/mol. The lowest BCUT2D eigenvalue weighted by Crippen LogP contribution is -2.34. The number of nitro groups is 1. The zero-order valence-electron chi connectivity index (χ0n) is 13.7. The molecule has 144 valence electrons. The molecular formula is C15H18Cl2N2O6S. The third-order valence-corrected chi connectivity index (χ3v) is 4.96. The van der Waals surface area contributed by atoms with Gasteiger partial charge in [-0.25, -0.2) is 8.42 Å². The highest BCUT2D eigenvalue weighted by atomic mass is 35.5. The zero-order valence-corrected chi connectivity index (χ0v) is 16.1. The fourth-order valence-electron chi connectivity index (χ4n) is 2.51. The number of benzene rings is 1. The summed E-state index contributed by atoms with van der Waals surface area (Å²) in [7, 11) is -3.04. The van der Waals surface area contributed by atoms with E-state index in [2.05, 4.69) is 0 Å². The molecule has 0 saturated carbocycles. The summed E-state index contributed by atoms with van der Waals surface area (Å²) in [6.07, 6.45) is 1.61. The van der Waals surface area contributed by atoms with Crippen LogP contribution in [0.3, 0.4) is 0 Å². The van der Waals surface area contributed by atoms with E-state index in [4.69, 9.17) is 23.2 Å². The fourth-order valence-corrected chi connectivity index (χ4v) is 3.59. The van der Waals surface area contributed by atoms with Gasteiger partial charge >= 0.3 is 0 Å². The summed E-state index contributed by atoms with van der Waals surface area (Å²) in [5.74, 6) is 0. The van der Waals surface area contributed by atoms with Gasteiger partial charge in [-0.1, -0.05) is 0 Å². The molecule has 0 aliphatic heterocycles. The lowest BCUT2D eigenvalue weighted by Gasteiger charge is -2.28. The zero-order chi connectivity index (χ0) is 19.7. The van der Waals surface area contributed by atoms with E-state index >= 15 is 0 Å². The summed E-state index contributed by atoms with van der Waals surface area (Å²) in [4.78, 5) is 32.0. The molecule has 0 bridgehead atoms. The molecule has 0 N–H and O–H groups in total. The molecule has 0 aliphatic carbocycles. The highest BCUT2D eigenvalue weighted by Gasteiger charge is 2.22. The number of halogens is 2. The molecule has 0 spiro atoms. The molecule has 0 heterocycles. The maximum absolute atomic E-state index is 11.8. The van der Waals surface area contributed by atoms with Gasteiger partial charge in [-0.2, -0.15) is 0 Å². The standard InChI is InChI=1S/C15H18Cl2N2O6S/c16-14(20)5-1-3-11(4-2-6-15(17)21)18(26(24)25)12-7-9-13(10-8-12)19(22)23/h7-11,26H,1-6H2. The number of carbonyl (C=O) groups excluding carboxylic acids is 2. The maximum atomic E-state index is 11.8. The largest absolute Gasteiger partial charge is 0.281 e. The van der Waals surface area contributed by atoms with E-state index in [-0.39, 0.29) is 24.2 Å². The second-order valence-electron chi connectivity index (χ2n) is 5.50. The van der Waals surface area contributed by atoms with Crippen LogP contribution in [0.25, 0.3) is 0 Å². The van der Waals surface area contributed by atoms with Gasteiger partial charge in [0.25, 0.3) is 5.69 Å². The van der Waals surface area contributed by atoms with Gasteiger partial charge in [0, 0.05) is 31.0 Å². The Labute approximate surface area is 162 Å². The van der Waals surface area contributed by atoms with Crippen molar-refractivity contribution < 1.29 is 22.9 Å². The van der Waals surface area contributed by atoms with E-state index in [1.54, 1.807) is 0 Å². The molecule has 0 atom stereocenters. The van der Waals surface area contributed by atoms with Crippen molar-refractivity contribution in [3.8, 4) is 0 Å². The number of non-ortho nitro benzene ring substituents is 1. The molecule has 0 unspecified atom stereocenters. The minimum Gasteiger partial charge on any atom is -0.281 e. The monoisotopic (exact) mass is 424 g/mol. The van der Waals surface area contributed by atoms with Crippen molar-refractivity contribution in [2.45, 2.75) is 44.6 Å². The van der Waals surface area contributed by atoms with Crippen LogP contribution in [0.4, 0.5) is 11.4 Å². The van der Waals surface area contributed by atoms with Gasteiger partial charge in [0.2, 0.25) is 21.4 Å². The summed E-state index contributed by atoms with van der Waals surface area (Å²) in [6.45, 7) is 0. The van der Waals surface area contributed by atoms with Crippen LogP contribution in [-0.4, -0.2) is 29.9 Å². The predicted octanol–water partition coefficient (Wildman–Crippen LogP) is 3.17. The quantitative estimate of drug-likeness (QED) is 0.238. The molecule has 1 aromatic rings. The van der Waals surface area contributed by atoms with Gasteiger partial charge in [0.15, 0.2) is 0 Å². The highest BCUT2D eigenvalue weighted by molar-refractivity contribution is 7.74. The van der Waals surface area contributed by atoms with E-state index in [0.29, 0.717) is 25.7 Å². The summed E-state index contributed by atoms with van der Waals surface area (Å²) in [5.41, 5.74) is 0.109. The van der Waals surface area contributed by atoms with Crippen molar-refractivity contribution in [2.75, 3.05) is 4.31 Å². The number of nitrogens with zero attached hydrogens (tertiary/aromatic N) is 2. The molecule has 1 rings (SSSR count). The van der Waals surface area contributed by atoms with Crippen molar-refractivity contribution in [3.63, 3.8) is 0 Å². The van der Waals surface area contributed by atoms with Gasteiger partial charge in [0.05, 0.1) is 10.6 Å². The molecule has 0 fully saturated rings. The molecule has 1 aromatic carbocycles. The Kier molecular flexibility index (Phi) is 9.53. The summed E-state index contributed by atoms with van der Waals surface area (Å²) < 4.78 is 24.7. The topological polar surface area (TPSA) is 115 Å². The second-order valence-corrected chi connectivity index (χ2v) is 7.25. The fraction of sp³-hybridized carbons (Fsp3) is 0.467. The van der Waals surface area contributed by atoms with Crippen LogP contribution in [0.5, 0.6) is 0 Å². The molecule has 26 heavy (non-hydrogen) atoms. The Balaban J connectivity index is 3.01. The molecule has 0 radical (unpaired) electrons. The normalized spacial score (nSPS) is 10.9. The van der Waals surface area contributed by atoms with E-state index in [0.717, 1.165) is 4.31 Å². The van der Waals surface area contributed by atoms with Gasteiger partial charge in [-0.3, -0.25) is 24.0 Å². The highest BCUT2D eigenvalue weighted by Crippen LogP contribution is 2.26. The van der Waals surface area contributed by atoms with Crippen molar-refractivity contribution in [3.05, 3.63) is 34.4 Å². The minimum absolute atomic E-state index is 0.0935. The number of anilines is 1. The van der Waals surface area contributed by atoms with E-state index < -0.39 is 32.3 Å². The van der Waals surface area contributed by atoms with Gasteiger partial charge < -0.3 is 0 Å². The minimum atomic E-state index is -3.04. The van der Waals surface area contributed by atoms with Crippen molar-refractivity contribution in [1.82, 2.24) is 0 Å². The van der Waals surface area contributed by atoms with Crippen LogP contribution >= 0.6 is 23.2 Å². The first-order valence-electron chi connectivity index (χ1n) is 7.77. The number of hydrogen-bond acceptors (Lipinski definition) is 6. The SMILES string of the molecule is O=C(Cl)CCCC(CCCC(=O)Cl)N(c1ccc([N+](=O)[O-])cc1)[SH](=O)=O. The first-order valence-corrected chi connectivity index (χ1v) is 9.65. The molecule has 11 heteroatoms. The van der Waals surface area contributed by atoms with Crippen molar-refractivity contribution in [1.29, 1.82) is 0 Å². The van der Waals surface area contributed by atoms with E-state index in [1.807, 2.05) is 0 Å². The number of carbonyl (C=O) groups is 2. The lowest BCUT2D eigenvalue weighted by molar-refractivity contribution is -0.384. The first kappa shape index (κ1) is 22.3. The molecular weight excluding hydrogens is 407 g/mol. The van der Waals surface area contributed by atoms with Crippen LogP contribution in [-0.2, 0) is 20.5 Å². The third kappa shape index (κ3) is 7.67. The number of rotatable bonds is 12. The number of hydrogen-bond donors (Lipinski definition) is 1. The van der Waals surface area contributed by atoms with Crippen molar-refractivity contribution >= 4 is 56.0 Å². The number of thiol groups is 1. The second kappa shape index (κ2) is 11.1. The van der Waals surface area contributed by atoms with E-state index in [9.17, 15) is 28.1 Å². The molecule has 0 aromatic heterocycles. The molecule has 0 amide bonds. The molecule has 8 nitrogen and oxygen atoms in total. The summed E-state index contributed by atoms with van der Waals surface area (Å²) >= 11 is 10.6. The average Bonchev–Trinajstić information content (AvgIpc) is 2.54. The van der Waals surface area contributed by atoms with Gasteiger partial charge in [-0.05, 0) is 61.0 Å². The van der Waals surface area contributed by atoms with E-state index in [1.165, 1.54) is 24.3 Å². The van der Waals surface area contributed by atoms with Crippen LogP contribution in [0, 0.1) is 10.1 Å². The predicted molar refractivity (Wildman–Crippen MR) is 99.1 cm³/mol. The summed E-state index contributed by atoms with van der Waals surface area (Å²) in [5, 5.41) is 9.70. The Morgan fingerprint density at radius 3 is 1.85 bits per heavy atom. The van der Waals surface area contributed by atoms with Crippen LogP contribution in [0.1, 0.15) is 38.5 Å². The Bertz CT molecular complexity index is 695. The lowest BCUT2D eigenvalue weighted by atomic mass is 10.0. The van der Waals surface area contributed by atoms with Gasteiger partial charge in [-0.15, -0.1) is 0 Å². The van der Waals surface area contributed by atoms with Crippen molar-refractivity contribution in [2.24, 2.45) is 0 Å². The summed E-state index contributed by atoms with van der Waals surface area (Å²) in [6, 6.07) is 4.58. The first-order chi connectivity index (χ1) is 12.2. The van der Waals surface area contributed by atoms with Crippen LogP contribution < -0.4 is 4.31 Å². The molecule has 0 aliphatic rings.